The van der Waals surface area contributed by atoms with Crippen molar-refractivity contribution >= 4 is 28.7 Å². The second kappa shape index (κ2) is 9.11. The Labute approximate surface area is 170 Å². The number of hydrogen-bond acceptors (Lipinski definition) is 5. The van der Waals surface area contributed by atoms with E-state index in [9.17, 15) is 23.2 Å². The maximum absolute atomic E-state index is 13.3. The van der Waals surface area contributed by atoms with Gasteiger partial charge in [-0.15, -0.1) is 0 Å². The van der Waals surface area contributed by atoms with E-state index in [1.54, 1.807) is 35.2 Å². The van der Waals surface area contributed by atoms with Gasteiger partial charge >= 0.3 is 5.43 Å². The highest BCUT2D eigenvalue weighted by Crippen LogP contribution is 2.26. The summed E-state index contributed by atoms with van der Waals surface area (Å²) in [5.74, 6) is -3.19. The lowest BCUT2D eigenvalue weighted by molar-refractivity contribution is -0.129. The van der Waals surface area contributed by atoms with Gasteiger partial charge in [-0.1, -0.05) is 30.3 Å². The molecule has 0 aliphatic carbocycles. The summed E-state index contributed by atoms with van der Waals surface area (Å²) in [5.41, 5.74) is -0.434. The third-order valence-electron chi connectivity index (χ3n) is 4.56. The van der Waals surface area contributed by atoms with Gasteiger partial charge in [0.15, 0.2) is 23.6 Å². The number of piperidine rings is 1. The van der Waals surface area contributed by atoms with Gasteiger partial charge < -0.3 is 10.1 Å². The predicted octanol–water partition coefficient (Wildman–Crippen LogP) is 3.41. The molecule has 152 valence electrons. The summed E-state index contributed by atoms with van der Waals surface area (Å²) < 4.78 is 31.5. The molecule has 2 atom stereocenters. The Morgan fingerprint density at radius 1 is 1.14 bits per heavy atom. The van der Waals surface area contributed by atoms with Crippen molar-refractivity contribution in [3.63, 3.8) is 0 Å². The minimum atomic E-state index is -1.15. The smallest absolute Gasteiger partial charge is 0.405 e. The zero-order chi connectivity index (χ0) is 21.0. The van der Waals surface area contributed by atoms with Crippen molar-refractivity contribution in [3.8, 4) is 0 Å². The quantitative estimate of drug-likeness (QED) is 0.747. The Kier molecular flexibility index (Phi) is 6.56. The number of ether oxygens (including phenoxy) is 1. The fourth-order valence-electron chi connectivity index (χ4n) is 3.14. The van der Waals surface area contributed by atoms with E-state index in [4.69, 9.17) is 16.3 Å². The number of carbonyl (C=O) groups is 3. The molecule has 1 amide bonds. The summed E-state index contributed by atoms with van der Waals surface area (Å²) in [6.07, 6.45) is -0.592. The van der Waals surface area contributed by atoms with Crippen molar-refractivity contribution in [1.82, 2.24) is 10.2 Å². The van der Waals surface area contributed by atoms with Crippen LogP contribution in [-0.2, 0) is 9.53 Å². The van der Waals surface area contributed by atoms with Crippen LogP contribution in [-0.4, -0.2) is 41.2 Å². The van der Waals surface area contributed by atoms with Crippen LogP contribution in [0.4, 0.5) is 13.6 Å². The highest BCUT2D eigenvalue weighted by Gasteiger charge is 2.34. The third kappa shape index (κ3) is 5.16. The third-order valence-corrected chi connectivity index (χ3v) is 4.65. The first-order chi connectivity index (χ1) is 13.8. The molecular weight excluding hydrogens is 406 g/mol. The molecule has 0 spiro atoms. The van der Waals surface area contributed by atoms with Gasteiger partial charge in [0.25, 0.3) is 5.91 Å². The van der Waals surface area contributed by atoms with Gasteiger partial charge in [0.05, 0.1) is 12.6 Å². The fourth-order valence-corrected chi connectivity index (χ4v) is 3.22. The van der Waals surface area contributed by atoms with E-state index in [0.29, 0.717) is 12.1 Å². The number of hydrogen-bond donors (Lipinski definition) is 1. The predicted molar refractivity (Wildman–Crippen MR) is 100 cm³/mol. The normalized spacial score (nSPS) is 18.2. The van der Waals surface area contributed by atoms with Gasteiger partial charge in [0.2, 0.25) is 0 Å². The molecular formula is C20H17ClF2N2O4. The zero-order valence-electron chi connectivity index (χ0n) is 15.1. The topological polar surface area (TPSA) is 75.7 Å². The minimum absolute atomic E-state index is 0.0858. The highest BCUT2D eigenvalue weighted by molar-refractivity contribution is 6.61. The molecule has 0 bridgehead atoms. The molecule has 1 fully saturated rings. The number of carbonyl (C=O) groups excluding carboxylic acids is 3. The summed E-state index contributed by atoms with van der Waals surface area (Å²) in [4.78, 5) is 37.7. The van der Waals surface area contributed by atoms with E-state index < -0.39 is 35.2 Å². The molecule has 1 aliphatic heterocycles. The number of rotatable bonds is 5. The SMILES string of the molecule is O=C(Cl)OC(c1ccccc1)N1CCC(NC(=O)c2ccc(F)c(F)c2)C(=O)C1. The van der Waals surface area contributed by atoms with Gasteiger partial charge in [-0.3, -0.25) is 14.5 Å². The molecule has 9 heteroatoms. The van der Waals surface area contributed by atoms with Crippen LogP contribution in [0.3, 0.4) is 0 Å². The molecule has 6 nitrogen and oxygen atoms in total. The number of Topliss-reactive ketones (excluding diaryl/α,β-unsaturated/α-hetero) is 1. The first kappa shape index (κ1) is 20.9. The summed E-state index contributed by atoms with van der Waals surface area (Å²) in [6.45, 7) is 0.241. The van der Waals surface area contributed by atoms with Crippen molar-refractivity contribution in [2.75, 3.05) is 13.1 Å². The summed E-state index contributed by atoms with van der Waals surface area (Å²) >= 11 is 5.38. The largest absolute Gasteiger partial charge is 0.430 e. The Hall–Kier alpha value is -2.84. The maximum Gasteiger partial charge on any atom is 0.405 e. The minimum Gasteiger partial charge on any atom is -0.430 e. The fraction of sp³-hybridized carbons (Fsp3) is 0.250. The van der Waals surface area contributed by atoms with Crippen LogP contribution in [0.25, 0.3) is 0 Å². The van der Waals surface area contributed by atoms with Crippen molar-refractivity contribution in [1.29, 1.82) is 0 Å². The van der Waals surface area contributed by atoms with Gasteiger partial charge in [0.1, 0.15) is 0 Å². The van der Waals surface area contributed by atoms with E-state index in [2.05, 4.69) is 5.32 Å². The van der Waals surface area contributed by atoms with Crippen molar-refractivity contribution < 1.29 is 27.9 Å². The van der Waals surface area contributed by atoms with Crippen molar-refractivity contribution in [3.05, 3.63) is 71.3 Å². The van der Waals surface area contributed by atoms with E-state index in [0.717, 1.165) is 18.2 Å². The first-order valence-corrected chi connectivity index (χ1v) is 9.16. The molecule has 0 radical (unpaired) electrons. The first-order valence-electron chi connectivity index (χ1n) is 8.79. The molecule has 0 aromatic heterocycles. The molecule has 2 aromatic carbocycles. The lowest BCUT2D eigenvalue weighted by Crippen LogP contribution is -2.52. The van der Waals surface area contributed by atoms with E-state index in [1.807, 2.05) is 0 Å². The van der Waals surface area contributed by atoms with Crippen LogP contribution in [0.5, 0.6) is 0 Å². The highest BCUT2D eigenvalue weighted by atomic mass is 35.5. The number of nitrogens with zero attached hydrogens (tertiary/aromatic N) is 1. The van der Waals surface area contributed by atoms with Gasteiger partial charge in [-0.25, -0.2) is 13.6 Å². The number of likely N-dealkylation sites (tertiary alicyclic amines) is 1. The van der Waals surface area contributed by atoms with Crippen LogP contribution in [0.1, 0.15) is 28.6 Å². The van der Waals surface area contributed by atoms with Crippen molar-refractivity contribution in [2.45, 2.75) is 18.7 Å². The number of benzene rings is 2. The number of amides is 1. The number of ketones is 1. The Bertz CT molecular complexity index is 926. The monoisotopic (exact) mass is 422 g/mol. The Morgan fingerprint density at radius 3 is 2.48 bits per heavy atom. The Balaban J connectivity index is 1.67. The van der Waals surface area contributed by atoms with E-state index >= 15 is 0 Å². The second-order valence-corrected chi connectivity index (χ2v) is 6.81. The summed E-state index contributed by atoms with van der Waals surface area (Å²) in [6, 6.07) is 10.8. The lowest BCUT2D eigenvalue weighted by atomic mass is 10.0. The van der Waals surface area contributed by atoms with Gasteiger partial charge in [-0.2, -0.15) is 0 Å². The molecule has 1 N–H and O–H groups in total. The van der Waals surface area contributed by atoms with Crippen LogP contribution in [0, 0.1) is 11.6 Å². The molecule has 0 saturated carbocycles. The maximum atomic E-state index is 13.3. The van der Waals surface area contributed by atoms with Crippen LogP contribution >= 0.6 is 11.6 Å². The van der Waals surface area contributed by atoms with E-state index in [-0.39, 0.29) is 24.3 Å². The average molecular weight is 423 g/mol. The van der Waals surface area contributed by atoms with Crippen molar-refractivity contribution in [2.24, 2.45) is 0 Å². The summed E-state index contributed by atoms with van der Waals surface area (Å²) in [7, 11) is 0. The molecule has 1 heterocycles. The number of halogens is 3. The molecule has 2 aromatic rings. The Morgan fingerprint density at radius 2 is 1.86 bits per heavy atom. The van der Waals surface area contributed by atoms with Crippen LogP contribution < -0.4 is 5.32 Å². The van der Waals surface area contributed by atoms with E-state index in [1.165, 1.54) is 0 Å². The van der Waals surface area contributed by atoms with Gasteiger partial charge in [-0.05, 0) is 24.6 Å². The molecule has 1 saturated heterocycles. The van der Waals surface area contributed by atoms with Gasteiger partial charge in [0, 0.05) is 29.3 Å². The second-order valence-electron chi connectivity index (χ2n) is 6.50. The van der Waals surface area contributed by atoms with Crippen LogP contribution in [0.2, 0.25) is 0 Å². The number of nitrogens with one attached hydrogen (secondary N) is 1. The summed E-state index contributed by atoms with van der Waals surface area (Å²) in [5, 5.41) is 2.53. The molecule has 2 unspecified atom stereocenters. The standard InChI is InChI=1S/C20H17ClF2N2O4/c21-20(28)29-19(12-4-2-1-3-5-12)25-9-8-16(17(26)11-25)24-18(27)13-6-7-14(22)15(23)10-13/h1-7,10,16,19H,8-9,11H2,(H,24,27). The zero-order valence-corrected chi connectivity index (χ0v) is 15.9. The van der Waals surface area contributed by atoms with Crippen LogP contribution in [0.15, 0.2) is 48.5 Å². The molecule has 1 aliphatic rings. The lowest BCUT2D eigenvalue weighted by Gasteiger charge is -2.35. The molecule has 29 heavy (non-hydrogen) atoms. The molecule has 3 rings (SSSR count). The average Bonchev–Trinajstić information content (AvgIpc) is 2.70.